The molecular weight excluding hydrogens is 220 g/mol. The standard InChI is InChI=1S/C12H24N2O3/c1-5-12(2,9-13)11(16)14(3)8-6-7-10(15)17-4/h5-9,13H2,1-4H3. The van der Waals surface area contributed by atoms with Gasteiger partial charge in [-0.15, -0.1) is 0 Å². The summed E-state index contributed by atoms with van der Waals surface area (Å²) in [6.07, 6.45) is 1.66. The zero-order chi connectivity index (χ0) is 13.5. The Balaban J connectivity index is 4.18. The van der Waals surface area contributed by atoms with E-state index in [1.807, 2.05) is 13.8 Å². The molecule has 0 aromatic rings. The number of hydrogen-bond acceptors (Lipinski definition) is 4. The topological polar surface area (TPSA) is 72.6 Å². The molecule has 100 valence electrons. The Morgan fingerprint density at radius 1 is 1.41 bits per heavy atom. The van der Waals surface area contributed by atoms with Crippen molar-refractivity contribution in [2.45, 2.75) is 33.1 Å². The first-order valence-corrected chi connectivity index (χ1v) is 5.93. The molecule has 1 amide bonds. The van der Waals surface area contributed by atoms with Gasteiger partial charge in [0.15, 0.2) is 0 Å². The summed E-state index contributed by atoms with van der Waals surface area (Å²) in [6.45, 7) is 4.70. The summed E-state index contributed by atoms with van der Waals surface area (Å²) in [4.78, 5) is 24.7. The van der Waals surface area contributed by atoms with Crippen LogP contribution < -0.4 is 5.73 Å². The number of ether oxygens (including phenoxy) is 1. The van der Waals surface area contributed by atoms with Gasteiger partial charge in [0.2, 0.25) is 5.91 Å². The monoisotopic (exact) mass is 244 g/mol. The molecule has 0 saturated heterocycles. The third-order valence-corrected chi connectivity index (χ3v) is 3.20. The Morgan fingerprint density at radius 3 is 2.41 bits per heavy atom. The number of nitrogens with two attached hydrogens (primary N) is 1. The van der Waals surface area contributed by atoms with E-state index in [2.05, 4.69) is 4.74 Å². The normalized spacial score (nSPS) is 13.9. The fourth-order valence-electron chi connectivity index (χ4n) is 1.51. The van der Waals surface area contributed by atoms with Crippen LogP contribution in [0.4, 0.5) is 0 Å². The lowest BCUT2D eigenvalue weighted by atomic mass is 9.86. The number of rotatable bonds is 7. The molecule has 0 saturated carbocycles. The van der Waals surface area contributed by atoms with E-state index in [0.29, 0.717) is 32.4 Å². The summed E-state index contributed by atoms with van der Waals surface area (Å²) in [6, 6.07) is 0. The molecule has 17 heavy (non-hydrogen) atoms. The Hall–Kier alpha value is -1.10. The Kier molecular flexibility index (Phi) is 6.80. The average Bonchev–Trinajstić information content (AvgIpc) is 2.36. The van der Waals surface area contributed by atoms with Gasteiger partial charge in [-0.25, -0.2) is 0 Å². The molecule has 0 aromatic heterocycles. The van der Waals surface area contributed by atoms with E-state index in [4.69, 9.17) is 5.73 Å². The van der Waals surface area contributed by atoms with Crippen LogP contribution in [0.25, 0.3) is 0 Å². The van der Waals surface area contributed by atoms with E-state index >= 15 is 0 Å². The number of amides is 1. The molecule has 0 aromatic carbocycles. The predicted octanol–water partition coefficient (Wildman–Crippen LogP) is 0.773. The first-order valence-electron chi connectivity index (χ1n) is 5.93. The summed E-state index contributed by atoms with van der Waals surface area (Å²) in [7, 11) is 3.10. The van der Waals surface area contributed by atoms with E-state index in [0.717, 1.165) is 0 Å². The van der Waals surface area contributed by atoms with Crippen LogP contribution in [0.1, 0.15) is 33.1 Å². The van der Waals surface area contributed by atoms with Gasteiger partial charge in [0, 0.05) is 26.6 Å². The number of hydrogen-bond donors (Lipinski definition) is 1. The van der Waals surface area contributed by atoms with Crippen LogP contribution in [0.15, 0.2) is 0 Å². The molecule has 1 atom stereocenters. The van der Waals surface area contributed by atoms with Crippen LogP contribution in [-0.2, 0) is 14.3 Å². The smallest absolute Gasteiger partial charge is 0.305 e. The molecule has 5 heteroatoms. The third-order valence-electron chi connectivity index (χ3n) is 3.20. The number of carbonyl (C=O) groups excluding carboxylic acids is 2. The SMILES string of the molecule is CCC(C)(CN)C(=O)N(C)CCCC(=O)OC. The van der Waals surface area contributed by atoms with Crippen LogP contribution in [0.2, 0.25) is 0 Å². The molecule has 2 N–H and O–H groups in total. The maximum atomic E-state index is 12.1. The highest BCUT2D eigenvalue weighted by atomic mass is 16.5. The van der Waals surface area contributed by atoms with E-state index in [1.54, 1.807) is 11.9 Å². The second kappa shape index (κ2) is 7.27. The lowest BCUT2D eigenvalue weighted by Gasteiger charge is -2.30. The molecule has 0 rings (SSSR count). The molecule has 1 unspecified atom stereocenters. The molecule has 0 aliphatic rings. The first kappa shape index (κ1) is 15.9. The van der Waals surface area contributed by atoms with Gasteiger partial charge >= 0.3 is 5.97 Å². The van der Waals surface area contributed by atoms with E-state index in [-0.39, 0.29) is 11.9 Å². The van der Waals surface area contributed by atoms with Gasteiger partial charge in [-0.1, -0.05) is 6.92 Å². The lowest BCUT2D eigenvalue weighted by Crippen LogP contribution is -2.44. The Labute approximate surface area is 103 Å². The summed E-state index contributed by atoms with van der Waals surface area (Å²) < 4.78 is 4.54. The highest BCUT2D eigenvalue weighted by Crippen LogP contribution is 2.22. The second-order valence-electron chi connectivity index (χ2n) is 4.52. The fraction of sp³-hybridized carbons (Fsp3) is 0.833. The fourth-order valence-corrected chi connectivity index (χ4v) is 1.51. The summed E-state index contributed by atoms with van der Waals surface area (Å²) in [5.74, 6) is -0.213. The van der Waals surface area contributed by atoms with Crippen LogP contribution >= 0.6 is 0 Å². The van der Waals surface area contributed by atoms with Crippen molar-refractivity contribution in [3.63, 3.8) is 0 Å². The minimum atomic E-state index is -0.500. The van der Waals surface area contributed by atoms with Crippen molar-refractivity contribution in [3.8, 4) is 0 Å². The van der Waals surface area contributed by atoms with Gasteiger partial charge < -0.3 is 15.4 Å². The molecule has 0 fully saturated rings. The van der Waals surface area contributed by atoms with Crippen LogP contribution in [-0.4, -0.2) is 44.0 Å². The van der Waals surface area contributed by atoms with Crippen molar-refractivity contribution in [3.05, 3.63) is 0 Å². The predicted molar refractivity (Wildman–Crippen MR) is 66.3 cm³/mol. The minimum Gasteiger partial charge on any atom is -0.469 e. The van der Waals surface area contributed by atoms with Crippen molar-refractivity contribution in [1.82, 2.24) is 4.90 Å². The second-order valence-corrected chi connectivity index (χ2v) is 4.52. The molecule has 0 bridgehead atoms. The summed E-state index contributed by atoms with van der Waals surface area (Å²) >= 11 is 0. The van der Waals surface area contributed by atoms with Crippen molar-refractivity contribution in [2.24, 2.45) is 11.1 Å². The van der Waals surface area contributed by atoms with Crippen LogP contribution in [0.5, 0.6) is 0 Å². The van der Waals surface area contributed by atoms with E-state index in [1.165, 1.54) is 7.11 Å². The number of nitrogens with zero attached hydrogens (tertiary/aromatic N) is 1. The zero-order valence-corrected chi connectivity index (χ0v) is 11.3. The van der Waals surface area contributed by atoms with Crippen molar-refractivity contribution < 1.29 is 14.3 Å². The highest BCUT2D eigenvalue weighted by molar-refractivity contribution is 5.82. The van der Waals surface area contributed by atoms with Crippen LogP contribution in [0, 0.1) is 5.41 Å². The van der Waals surface area contributed by atoms with Gasteiger partial charge in [-0.3, -0.25) is 9.59 Å². The average molecular weight is 244 g/mol. The lowest BCUT2D eigenvalue weighted by molar-refractivity contribution is -0.142. The number of esters is 1. The van der Waals surface area contributed by atoms with Crippen LogP contribution in [0.3, 0.4) is 0 Å². The molecule has 5 nitrogen and oxygen atoms in total. The molecule has 0 radical (unpaired) electrons. The van der Waals surface area contributed by atoms with Crippen molar-refractivity contribution >= 4 is 11.9 Å². The van der Waals surface area contributed by atoms with Gasteiger partial charge in [0.1, 0.15) is 0 Å². The van der Waals surface area contributed by atoms with Gasteiger partial charge in [-0.05, 0) is 19.8 Å². The number of carbonyl (C=O) groups is 2. The number of methoxy groups -OCH3 is 1. The summed E-state index contributed by atoms with van der Waals surface area (Å²) in [5.41, 5.74) is 5.13. The Bertz CT molecular complexity index is 262. The quantitative estimate of drug-likeness (QED) is 0.671. The molecular formula is C12H24N2O3. The highest BCUT2D eigenvalue weighted by Gasteiger charge is 2.31. The minimum absolute atomic E-state index is 0.0346. The van der Waals surface area contributed by atoms with Crippen molar-refractivity contribution in [2.75, 3.05) is 27.2 Å². The summed E-state index contributed by atoms with van der Waals surface area (Å²) in [5, 5.41) is 0. The first-order chi connectivity index (χ1) is 7.91. The largest absolute Gasteiger partial charge is 0.469 e. The Morgan fingerprint density at radius 2 is 2.00 bits per heavy atom. The van der Waals surface area contributed by atoms with E-state index < -0.39 is 5.41 Å². The van der Waals surface area contributed by atoms with Gasteiger partial charge in [-0.2, -0.15) is 0 Å². The van der Waals surface area contributed by atoms with Gasteiger partial charge in [0.25, 0.3) is 0 Å². The molecule has 0 aliphatic heterocycles. The maximum absolute atomic E-state index is 12.1. The molecule has 0 spiro atoms. The zero-order valence-electron chi connectivity index (χ0n) is 11.3. The molecule has 0 heterocycles. The molecule has 0 aliphatic carbocycles. The maximum Gasteiger partial charge on any atom is 0.305 e. The van der Waals surface area contributed by atoms with Crippen molar-refractivity contribution in [1.29, 1.82) is 0 Å². The van der Waals surface area contributed by atoms with Gasteiger partial charge in [0.05, 0.1) is 12.5 Å². The van der Waals surface area contributed by atoms with E-state index in [9.17, 15) is 9.59 Å². The third kappa shape index (κ3) is 4.73.